The second kappa shape index (κ2) is 10.1. The molecule has 0 saturated carbocycles. The van der Waals surface area contributed by atoms with Gasteiger partial charge in [-0.1, -0.05) is 54.1 Å². The molecule has 0 fully saturated rings. The monoisotopic (exact) mass is 424 g/mol. The summed E-state index contributed by atoms with van der Waals surface area (Å²) in [6.07, 6.45) is 1.75. The quantitative estimate of drug-likeness (QED) is 0.597. The van der Waals surface area contributed by atoms with Crippen molar-refractivity contribution in [2.75, 3.05) is 19.6 Å². The average molecular weight is 425 g/mol. The molecule has 3 rings (SSSR count). The first-order chi connectivity index (χ1) is 14.5. The topological polar surface area (TPSA) is 67.2 Å². The molecule has 0 saturated heterocycles. The predicted molar refractivity (Wildman–Crippen MR) is 118 cm³/mol. The fourth-order valence-corrected chi connectivity index (χ4v) is 3.30. The molecular weight excluding hydrogens is 400 g/mol. The molecule has 0 radical (unpaired) electrons. The van der Waals surface area contributed by atoms with Crippen molar-refractivity contribution < 1.29 is 9.59 Å². The predicted octanol–water partition coefficient (Wildman–Crippen LogP) is 3.85. The van der Waals surface area contributed by atoms with E-state index in [1.54, 1.807) is 23.0 Å². The van der Waals surface area contributed by atoms with Crippen LogP contribution in [0.4, 0.5) is 0 Å². The van der Waals surface area contributed by atoms with Crippen LogP contribution in [0.15, 0.2) is 60.8 Å². The van der Waals surface area contributed by atoms with Crippen molar-refractivity contribution in [3.63, 3.8) is 0 Å². The van der Waals surface area contributed by atoms with Gasteiger partial charge in [-0.2, -0.15) is 5.10 Å². The summed E-state index contributed by atoms with van der Waals surface area (Å²) >= 11 is 6.03. The highest BCUT2D eigenvalue weighted by atomic mass is 35.5. The first-order valence-electron chi connectivity index (χ1n) is 9.95. The van der Waals surface area contributed by atoms with Crippen LogP contribution in [0.1, 0.15) is 29.8 Å². The van der Waals surface area contributed by atoms with Gasteiger partial charge in [-0.25, -0.2) is 0 Å². The summed E-state index contributed by atoms with van der Waals surface area (Å²) in [6.45, 7) is 5.19. The fourth-order valence-electron chi connectivity index (χ4n) is 3.17. The second-order valence-electron chi connectivity index (χ2n) is 6.85. The SMILES string of the molecule is CCNC(=O)CN(CC)C(=O)c1cn(Cc2ccccc2)nc1-c1ccc(Cl)cc1. The lowest BCUT2D eigenvalue weighted by molar-refractivity contribution is -0.121. The van der Waals surface area contributed by atoms with E-state index in [0.717, 1.165) is 11.1 Å². The van der Waals surface area contributed by atoms with Crippen molar-refractivity contribution in [2.45, 2.75) is 20.4 Å². The van der Waals surface area contributed by atoms with Gasteiger partial charge in [-0.05, 0) is 31.5 Å². The normalized spacial score (nSPS) is 10.6. The van der Waals surface area contributed by atoms with Gasteiger partial charge < -0.3 is 10.2 Å². The number of nitrogens with zero attached hydrogens (tertiary/aromatic N) is 3. The Labute approximate surface area is 181 Å². The number of aromatic nitrogens is 2. The molecule has 1 aromatic heterocycles. The number of hydrogen-bond acceptors (Lipinski definition) is 3. The zero-order valence-corrected chi connectivity index (χ0v) is 17.9. The first kappa shape index (κ1) is 21.6. The minimum absolute atomic E-state index is 0.00704. The van der Waals surface area contributed by atoms with Crippen molar-refractivity contribution in [1.82, 2.24) is 20.0 Å². The van der Waals surface area contributed by atoms with E-state index < -0.39 is 0 Å². The van der Waals surface area contributed by atoms with Crippen LogP contribution >= 0.6 is 11.6 Å². The zero-order chi connectivity index (χ0) is 21.5. The van der Waals surface area contributed by atoms with Gasteiger partial charge in [0.25, 0.3) is 5.91 Å². The number of carbonyl (C=O) groups is 2. The standard InChI is InChI=1S/C23H25ClN4O2/c1-3-25-21(29)16-27(4-2)23(30)20-15-28(14-17-8-6-5-7-9-17)26-22(20)18-10-12-19(24)13-11-18/h5-13,15H,3-4,14,16H2,1-2H3,(H,25,29). The summed E-state index contributed by atoms with van der Waals surface area (Å²) < 4.78 is 1.76. The molecule has 0 bridgehead atoms. The highest BCUT2D eigenvalue weighted by Crippen LogP contribution is 2.25. The number of halogens is 1. The van der Waals surface area contributed by atoms with Crippen LogP contribution < -0.4 is 5.32 Å². The van der Waals surface area contributed by atoms with Gasteiger partial charge in [-0.15, -0.1) is 0 Å². The van der Waals surface area contributed by atoms with E-state index in [4.69, 9.17) is 11.6 Å². The Morgan fingerprint density at radius 3 is 2.40 bits per heavy atom. The Kier molecular flexibility index (Phi) is 7.25. The summed E-state index contributed by atoms with van der Waals surface area (Å²) in [5.74, 6) is -0.412. The smallest absolute Gasteiger partial charge is 0.258 e. The highest BCUT2D eigenvalue weighted by Gasteiger charge is 2.24. The Hall–Kier alpha value is -3.12. The third-order valence-electron chi connectivity index (χ3n) is 4.67. The van der Waals surface area contributed by atoms with Crippen LogP contribution in [-0.4, -0.2) is 46.1 Å². The Balaban J connectivity index is 1.96. The van der Waals surface area contributed by atoms with Crippen LogP contribution in [0, 0.1) is 0 Å². The van der Waals surface area contributed by atoms with Crippen LogP contribution in [0.2, 0.25) is 5.02 Å². The Bertz CT molecular complexity index is 1000. The van der Waals surface area contributed by atoms with Gasteiger partial charge in [0, 0.05) is 29.9 Å². The van der Waals surface area contributed by atoms with Gasteiger partial charge in [-0.3, -0.25) is 14.3 Å². The average Bonchev–Trinajstić information content (AvgIpc) is 3.16. The van der Waals surface area contributed by atoms with E-state index in [1.807, 2.05) is 56.3 Å². The summed E-state index contributed by atoms with van der Waals surface area (Å²) in [4.78, 5) is 26.9. The molecule has 0 atom stereocenters. The minimum Gasteiger partial charge on any atom is -0.355 e. The van der Waals surface area contributed by atoms with Crippen molar-refractivity contribution in [1.29, 1.82) is 0 Å². The molecule has 6 nitrogen and oxygen atoms in total. The summed E-state index contributed by atoms with van der Waals surface area (Å²) in [6, 6.07) is 17.1. The van der Waals surface area contributed by atoms with Gasteiger partial charge in [0.2, 0.25) is 5.91 Å². The van der Waals surface area contributed by atoms with Crippen LogP contribution in [0.25, 0.3) is 11.3 Å². The second-order valence-corrected chi connectivity index (χ2v) is 7.29. The van der Waals surface area contributed by atoms with Crippen molar-refractivity contribution in [3.05, 3.63) is 76.9 Å². The summed E-state index contributed by atoms with van der Waals surface area (Å²) in [5.41, 5.74) is 2.90. The number of carbonyl (C=O) groups excluding carboxylic acids is 2. The molecule has 1 N–H and O–H groups in total. The number of amides is 2. The van der Waals surface area contributed by atoms with Gasteiger partial charge in [0.15, 0.2) is 0 Å². The molecule has 156 valence electrons. The third kappa shape index (κ3) is 5.27. The minimum atomic E-state index is -0.229. The molecule has 1 heterocycles. The van der Waals surface area contributed by atoms with E-state index in [0.29, 0.717) is 35.9 Å². The zero-order valence-electron chi connectivity index (χ0n) is 17.1. The molecule has 0 unspecified atom stereocenters. The summed E-state index contributed by atoms with van der Waals surface area (Å²) in [7, 11) is 0. The van der Waals surface area contributed by atoms with Crippen molar-refractivity contribution in [2.24, 2.45) is 0 Å². The summed E-state index contributed by atoms with van der Waals surface area (Å²) in [5, 5.41) is 8.04. The number of likely N-dealkylation sites (N-methyl/N-ethyl adjacent to an activating group) is 2. The largest absolute Gasteiger partial charge is 0.355 e. The van der Waals surface area contributed by atoms with Crippen molar-refractivity contribution >= 4 is 23.4 Å². The number of hydrogen-bond donors (Lipinski definition) is 1. The van der Waals surface area contributed by atoms with E-state index in [-0.39, 0.29) is 18.4 Å². The molecule has 2 amide bonds. The van der Waals surface area contributed by atoms with E-state index in [9.17, 15) is 9.59 Å². The van der Waals surface area contributed by atoms with Gasteiger partial charge in [0.05, 0.1) is 18.7 Å². The number of rotatable bonds is 8. The molecule has 0 aliphatic rings. The van der Waals surface area contributed by atoms with E-state index in [1.165, 1.54) is 4.90 Å². The third-order valence-corrected chi connectivity index (χ3v) is 4.93. The van der Waals surface area contributed by atoms with Crippen molar-refractivity contribution in [3.8, 4) is 11.3 Å². The van der Waals surface area contributed by atoms with Gasteiger partial charge >= 0.3 is 0 Å². The van der Waals surface area contributed by atoms with E-state index in [2.05, 4.69) is 10.4 Å². The molecule has 0 spiro atoms. The number of benzene rings is 2. The highest BCUT2D eigenvalue weighted by molar-refractivity contribution is 6.30. The van der Waals surface area contributed by atoms with Gasteiger partial charge in [0.1, 0.15) is 5.69 Å². The first-order valence-corrected chi connectivity index (χ1v) is 10.3. The number of nitrogens with one attached hydrogen (secondary N) is 1. The fraction of sp³-hybridized carbons (Fsp3) is 0.261. The van der Waals surface area contributed by atoms with Crippen LogP contribution in [0.3, 0.4) is 0 Å². The maximum Gasteiger partial charge on any atom is 0.258 e. The van der Waals surface area contributed by atoms with Crippen LogP contribution in [-0.2, 0) is 11.3 Å². The molecule has 30 heavy (non-hydrogen) atoms. The van der Waals surface area contributed by atoms with Crippen LogP contribution in [0.5, 0.6) is 0 Å². The van der Waals surface area contributed by atoms with E-state index >= 15 is 0 Å². The maximum absolute atomic E-state index is 13.3. The lowest BCUT2D eigenvalue weighted by Crippen LogP contribution is -2.40. The Morgan fingerprint density at radius 2 is 1.77 bits per heavy atom. The molecule has 0 aliphatic carbocycles. The maximum atomic E-state index is 13.3. The molecular formula is C23H25ClN4O2. The molecule has 3 aromatic rings. The lowest BCUT2D eigenvalue weighted by atomic mass is 10.1. The molecule has 0 aliphatic heterocycles. The molecule has 2 aromatic carbocycles. The lowest BCUT2D eigenvalue weighted by Gasteiger charge is -2.20. The Morgan fingerprint density at radius 1 is 1.07 bits per heavy atom. The molecule has 7 heteroatoms.